The second-order valence-electron chi connectivity index (χ2n) is 6.12. The molecule has 0 spiro atoms. The van der Waals surface area contributed by atoms with Gasteiger partial charge in [0.1, 0.15) is 0 Å². The Bertz CT molecular complexity index is 1170. The van der Waals surface area contributed by atoms with Crippen molar-refractivity contribution in [1.82, 2.24) is 0 Å². The van der Waals surface area contributed by atoms with E-state index in [0.717, 1.165) is 6.42 Å². The SMILES string of the molecule is CCc1ccc(-c2ccc3c(c2)sc2c4ccccc4sc32)cc1. The van der Waals surface area contributed by atoms with Gasteiger partial charge in [-0.25, -0.2) is 0 Å². The van der Waals surface area contributed by atoms with Gasteiger partial charge in [0.2, 0.25) is 0 Å². The number of fused-ring (bicyclic) bond motifs is 5. The Balaban J connectivity index is 1.71. The fourth-order valence-corrected chi connectivity index (χ4v) is 6.01. The van der Waals surface area contributed by atoms with E-state index in [-0.39, 0.29) is 0 Å². The zero-order chi connectivity index (χ0) is 16.1. The van der Waals surface area contributed by atoms with E-state index in [1.165, 1.54) is 46.3 Å². The van der Waals surface area contributed by atoms with Crippen LogP contribution in [0.5, 0.6) is 0 Å². The van der Waals surface area contributed by atoms with Gasteiger partial charge in [-0.15, -0.1) is 22.7 Å². The Kier molecular flexibility index (Phi) is 3.22. The van der Waals surface area contributed by atoms with E-state index in [0.29, 0.717) is 0 Å². The van der Waals surface area contributed by atoms with E-state index < -0.39 is 0 Å². The van der Waals surface area contributed by atoms with Crippen LogP contribution in [0.1, 0.15) is 12.5 Å². The predicted molar refractivity (Wildman–Crippen MR) is 110 cm³/mol. The van der Waals surface area contributed by atoms with Crippen LogP contribution in [0.4, 0.5) is 0 Å². The molecule has 5 rings (SSSR count). The molecule has 0 atom stereocenters. The molecule has 0 radical (unpaired) electrons. The molecule has 116 valence electrons. The van der Waals surface area contributed by atoms with Crippen molar-refractivity contribution in [3.63, 3.8) is 0 Å². The van der Waals surface area contributed by atoms with E-state index >= 15 is 0 Å². The molecular formula is C22H16S2. The van der Waals surface area contributed by atoms with Gasteiger partial charge >= 0.3 is 0 Å². The molecule has 2 heterocycles. The molecule has 0 saturated carbocycles. The van der Waals surface area contributed by atoms with Crippen LogP contribution in [-0.4, -0.2) is 0 Å². The van der Waals surface area contributed by atoms with Gasteiger partial charge in [0.15, 0.2) is 0 Å². The molecule has 0 unspecified atom stereocenters. The molecule has 3 aromatic carbocycles. The summed E-state index contributed by atoms with van der Waals surface area (Å²) in [4.78, 5) is 0. The lowest BCUT2D eigenvalue weighted by molar-refractivity contribution is 1.14. The highest BCUT2D eigenvalue weighted by molar-refractivity contribution is 7.36. The predicted octanol–water partition coefficient (Wildman–Crippen LogP) is 7.50. The fourth-order valence-electron chi connectivity index (χ4n) is 3.32. The average Bonchev–Trinajstić information content (AvgIpc) is 3.17. The van der Waals surface area contributed by atoms with E-state index in [2.05, 4.69) is 73.7 Å². The Hall–Kier alpha value is -2.16. The van der Waals surface area contributed by atoms with Gasteiger partial charge < -0.3 is 0 Å². The van der Waals surface area contributed by atoms with E-state index in [1.54, 1.807) is 0 Å². The summed E-state index contributed by atoms with van der Waals surface area (Å²) in [6, 6.07) is 24.6. The summed E-state index contributed by atoms with van der Waals surface area (Å²) < 4.78 is 5.65. The average molecular weight is 345 g/mol. The quantitative estimate of drug-likeness (QED) is 0.311. The molecule has 2 aromatic heterocycles. The highest BCUT2D eigenvalue weighted by Crippen LogP contribution is 2.44. The topological polar surface area (TPSA) is 0 Å². The standard InChI is InChI=1S/C22H16S2/c1-2-14-7-9-15(10-8-14)16-11-12-18-20(13-16)24-21-17-5-3-4-6-19(17)23-22(18)21/h3-13H,2H2,1H3. The van der Waals surface area contributed by atoms with Gasteiger partial charge in [-0.3, -0.25) is 0 Å². The Morgan fingerprint density at radius 1 is 0.667 bits per heavy atom. The lowest BCUT2D eigenvalue weighted by Crippen LogP contribution is -1.81. The third-order valence-electron chi connectivity index (χ3n) is 4.68. The molecule has 0 fully saturated rings. The van der Waals surface area contributed by atoms with Crippen LogP contribution in [-0.2, 0) is 6.42 Å². The van der Waals surface area contributed by atoms with E-state index in [1.807, 2.05) is 22.7 Å². The lowest BCUT2D eigenvalue weighted by atomic mass is 10.0. The minimum absolute atomic E-state index is 1.09. The summed E-state index contributed by atoms with van der Waals surface area (Å²) in [5.74, 6) is 0. The second-order valence-corrected chi connectivity index (χ2v) is 8.22. The summed E-state index contributed by atoms with van der Waals surface area (Å²) in [6.45, 7) is 2.20. The van der Waals surface area contributed by atoms with E-state index in [9.17, 15) is 0 Å². The van der Waals surface area contributed by atoms with Crippen LogP contribution in [0.2, 0.25) is 0 Å². The van der Waals surface area contributed by atoms with Crippen molar-refractivity contribution in [3.8, 4) is 11.1 Å². The first kappa shape index (κ1) is 14.2. The largest absolute Gasteiger partial charge is 0.134 e. The van der Waals surface area contributed by atoms with Crippen LogP contribution in [0, 0.1) is 0 Å². The van der Waals surface area contributed by atoms with Crippen LogP contribution < -0.4 is 0 Å². The molecule has 0 aliphatic rings. The number of thiophene rings is 2. The summed E-state index contributed by atoms with van der Waals surface area (Å²) in [7, 11) is 0. The first-order valence-electron chi connectivity index (χ1n) is 8.26. The number of aryl methyl sites for hydroxylation is 1. The summed E-state index contributed by atoms with van der Waals surface area (Å²) in [5.41, 5.74) is 4.00. The Morgan fingerprint density at radius 3 is 2.12 bits per heavy atom. The van der Waals surface area contributed by atoms with Gasteiger partial charge in [-0.1, -0.05) is 61.5 Å². The zero-order valence-corrected chi connectivity index (χ0v) is 15.0. The molecule has 0 nitrogen and oxygen atoms in total. The maximum atomic E-state index is 2.35. The Labute approximate surface area is 149 Å². The first-order valence-corrected chi connectivity index (χ1v) is 9.90. The Morgan fingerprint density at radius 2 is 1.33 bits per heavy atom. The highest BCUT2D eigenvalue weighted by Gasteiger charge is 2.12. The molecule has 0 aliphatic heterocycles. The van der Waals surface area contributed by atoms with Crippen LogP contribution in [0.3, 0.4) is 0 Å². The number of hydrogen-bond donors (Lipinski definition) is 0. The molecule has 24 heavy (non-hydrogen) atoms. The molecule has 2 heteroatoms. The lowest BCUT2D eigenvalue weighted by Gasteiger charge is -2.03. The molecule has 0 amide bonds. The maximum Gasteiger partial charge on any atom is 0.0542 e. The third kappa shape index (κ3) is 2.10. The van der Waals surface area contributed by atoms with E-state index in [4.69, 9.17) is 0 Å². The fraction of sp³-hybridized carbons (Fsp3) is 0.0909. The number of rotatable bonds is 2. The van der Waals surface area contributed by atoms with Crippen molar-refractivity contribution < 1.29 is 0 Å². The van der Waals surface area contributed by atoms with Crippen LogP contribution >= 0.6 is 22.7 Å². The van der Waals surface area contributed by atoms with Gasteiger partial charge in [0.25, 0.3) is 0 Å². The normalized spacial score (nSPS) is 11.7. The molecule has 0 bridgehead atoms. The van der Waals surface area contributed by atoms with Crippen molar-refractivity contribution in [2.24, 2.45) is 0 Å². The van der Waals surface area contributed by atoms with Gasteiger partial charge in [0.05, 0.1) is 9.40 Å². The number of hydrogen-bond acceptors (Lipinski definition) is 2. The van der Waals surface area contributed by atoms with Crippen molar-refractivity contribution in [2.45, 2.75) is 13.3 Å². The minimum atomic E-state index is 1.09. The van der Waals surface area contributed by atoms with Crippen molar-refractivity contribution >= 4 is 52.2 Å². The highest BCUT2D eigenvalue weighted by atomic mass is 32.1. The summed E-state index contributed by atoms with van der Waals surface area (Å²) >= 11 is 3.84. The van der Waals surface area contributed by atoms with Crippen molar-refractivity contribution in [2.75, 3.05) is 0 Å². The molecule has 0 aliphatic carbocycles. The van der Waals surface area contributed by atoms with Gasteiger partial charge in [0, 0.05) is 20.2 Å². The summed E-state index contributed by atoms with van der Waals surface area (Å²) in [5, 5.41) is 2.79. The smallest absolute Gasteiger partial charge is 0.0542 e. The van der Waals surface area contributed by atoms with Crippen molar-refractivity contribution in [3.05, 3.63) is 72.3 Å². The molecule has 5 aromatic rings. The first-order chi connectivity index (χ1) is 11.8. The van der Waals surface area contributed by atoms with Gasteiger partial charge in [-0.2, -0.15) is 0 Å². The van der Waals surface area contributed by atoms with Crippen LogP contribution in [0.15, 0.2) is 66.7 Å². The third-order valence-corrected chi connectivity index (χ3v) is 7.20. The summed E-state index contributed by atoms with van der Waals surface area (Å²) in [6.07, 6.45) is 1.09. The van der Waals surface area contributed by atoms with Crippen molar-refractivity contribution in [1.29, 1.82) is 0 Å². The minimum Gasteiger partial charge on any atom is -0.134 e. The monoisotopic (exact) mass is 344 g/mol. The van der Waals surface area contributed by atoms with Gasteiger partial charge in [-0.05, 0) is 35.2 Å². The number of benzene rings is 3. The van der Waals surface area contributed by atoms with Crippen LogP contribution in [0.25, 0.3) is 40.7 Å². The molecule has 0 N–H and O–H groups in total. The maximum absolute atomic E-state index is 2.35. The second kappa shape index (κ2) is 5.44. The molecule has 0 saturated heterocycles. The molecular weight excluding hydrogens is 328 g/mol. The zero-order valence-electron chi connectivity index (χ0n) is 13.4.